The number of likely N-dealkylation sites (tertiary alicyclic amines) is 1. The third kappa shape index (κ3) is 5.34. The summed E-state index contributed by atoms with van der Waals surface area (Å²) in [5.74, 6) is -0.412. The first kappa shape index (κ1) is 20.8. The highest BCUT2D eigenvalue weighted by atomic mass is 16.2. The van der Waals surface area contributed by atoms with Gasteiger partial charge in [-0.3, -0.25) is 14.4 Å². The zero-order valence-electron chi connectivity index (χ0n) is 17.2. The number of nitrogens with zero attached hydrogens (tertiary/aromatic N) is 2. The van der Waals surface area contributed by atoms with E-state index in [-0.39, 0.29) is 17.0 Å². The van der Waals surface area contributed by atoms with Crippen LogP contribution in [0, 0.1) is 5.92 Å². The first-order chi connectivity index (χ1) is 14.0. The smallest absolute Gasteiger partial charge is 0.259 e. The fourth-order valence-corrected chi connectivity index (χ4v) is 3.61. The summed E-state index contributed by atoms with van der Waals surface area (Å²) in [5, 5.41) is 2.81. The lowest BCUT2D eigenvalue weighted by Gasteiger charge is -2.27. The quantitative estimate of drug-likeness (QED) is 0.817. The molecular formula is C23H29N3O3. The Balaban J connectivity index is 1.89. The van der Waals surface area contributed by atoms with E-state index in [0.717, 1.165) is 24.8 Å². The fraction of sp³-hybridized carbons (Fsp3) is 0.435. The fourth-order valence-electron chi connectivity index (χ4n) is 3.61. The molecule has 0 aliphatic carbocycles. The molecule has 2 aromatic rings. The SMILES string of the molecule is CC(C)Cn1cc(C(=O)NCc2ccccc2)c(=O)c(C(=O)N2CCCCC2)c1. The number of benzene rings is 1. The maximum atomic E-state index is 13.0. The lowest BCUT2D eigenvalue weighted by molar-refractivity contribution is 0.0722. The van der Waals surface area contributed by atoms with Gasteiger partial charge in [-0.25, -0.2) is 0 Å². The number of hydrogen-bond acceptors (Lipinski definition) is 3. The van der Waals surface area contributed by atoms with Gasteiger partial charge in [0.15, 0.2) is 0 Å². The number of carbonyl (C=O) groups excluding carboxylic acids is 2. The maximum absolute atomic E-state index is 13.0. The minimum absolute atomic E-state index is 0.0180. The van der Waals surface area contributed by atoms with E-state index in [0.29, 0.717) is 32.1 Å². The predicted octanol–water partition coefficient (Wildman–Crippen LogP) is 3.06. The molecule has 1 aromatic carbocycles. The van der Waals surface area contributed by atoms with Crippen molar-refractivity contribution >= 4 is 11.8 Å². The molecule has 1 saturated heterocycles. The van der Waals surface area contributed by atoms with Crippen molar-refractivity contribution in [1.82, 2.24) is 14.8 Å². The molecule has 1 aliphatic rings. The van der Waals surface area contributed by atoms with Crippen molar-refractivity contribution in [2.75, 3.05) is 13.1 Å². The number of amides is 2. The minimum atomic E-state index is -0.494. The van der Waals surface area contributed by atoms with Gasteiger partial charge in [0.1, 0.15) is 11.1 Å². The van der Waals surface area contributed by atoms with Gasteiger partial charge >= 0.3 is 0 Å². The molecule has 0 bridgehead atoms. The average Bonchev–Trinajstić information content (AvgIpc) is 2.73. The molecule has 0 saturated carbocycles. The molecule has 2 heterocycles. The van der Waals surface area contributed by atoms with Crippen molar-refractivity contribution in [3.63, 3.8) is 0 Å². The minimum Gasteiger partial charge on any atom is -0.352 e. The zero-order chi connectivity index (χ0) is 20.8. The van der Waals surface area contributed by atoms with E-state index < -0.39 is 11.3 Å². The second-order valence-corrected chi connectivity index (χ2v) is 8.03. The molecule has 6 heteroatoms. The summed E-state index contributed by atoms with van der Waals surface area (Å²) >= 11 is 0. The number of aromatic nitrogens is 1. The molecular weight excluding hydrogens is 366 g/mol. The summed E-state index contributed by atoms with van der Waals surface area (Å²) in [7, 11) is 0. The van der Waals surface area contributed by atoms with Crippen LogP contribution in [0.25, 0.3) is 0 Å². The zero-order valence-corrected chi connectivity index (χ0v) is 17.2. The van der Waals surface area contributed by atoms with E-state index in [4.69, 9.17) is 0 Å². The molecule has 1 aliphatic heterocycles. The highest BCUT2D eigenvalue weighted by Gasteiger charge is 2.24. The highest BCUT2D eigenvalue weighted by molar-refractivity contribution is 5.99. The normalized spacial score (nSPS) is 14.1. The van der Waals surface area contributed by atoms with Crippen LogP contribution in [0.5, 0.6) is 0 Å². The summed E-state index contributed by atoms with van der Waals surface area (Å²) in [4.78, 5) is 40.5. The van der Waals surface area contributed by atoms with Crippen LogP contribution < -0.4 is 10.7 Å². The van der Waals surface area contributed by atoms with Crippen LogP contribution in [0.3, 0.4) is 0 Å². The van der Waals surface area contributed by atoms with Crippen LogP contribution in [0.1, 0.15) is 59.4 Å². The monoisotopic (exact) mass is 395 g/mol. The van der Waals surface area contributed by atoms with Gasteiger partial charge in [0.05, 0.1) is 0 Å². The van der Waals surface area contributed by atoms with Crippen molar-refractivity contribution < 1.29 is 9.59 Å². The van der Waals surface area contributed by atoms with Gasteiger partial charge in [-0.15, -0.1) is 0 Å². The molecule has 2 amide bonds. The van der Waals surface area contributed by atoms with Crippen LogP contribution in [0.2, 0.25) is 0 Å². The number of pyridine rings is 1. The summed E-state index contributed by atoms with van der Waals surface area (Å²) in [6.07, 6.45) is 6.17. The van der Waals surface area contributed by atoms with Crippen LogP contribution in [0.15, 0.2) is 47.5 Å². The van der Waals surface area contributed by atoms with E-state index >= 15 is 0 Å². The van der Waals surface area contributed by atoms with Gasteiger partial charge in [-0.2, -0.15) is 0 Å². The molecule has 1 aromatic heterocycles. The maximum Gasteiger partial charge on any atom is 0.259 e. The van der Waals surface area contributed by atoms with Crippen molar-refractivity contribution in [3.8, 4) is 0 Å². The topological polar surface area (TPSA) is 71.4 Å². The number of carbonyl (C=O) groups is 2. The molecule has 154 valence electrons. The second kappa shape index (κ2) is 9.54. The van der Waals surface area contributed by atoms with Gasteiger partial charge in [-0.05, 0) is 30.7 Å². The van der Waals surface area contributed by atoms with Crippen LogP contribution in [-0.2, 0) is 13.1 Å². The van der Waals surface area contributed by atoms with Crippen LogP contribution >= 0.6 is 0 Å². The first-order valence-electron chi connectivity index (χ1n) is 10.3. The number of hydrogen-bond donors (Lipinski definition) is 1. The predicted molar refractivity (Wildman–Crippen MR) is 113 cm³/mol. The van der Waals surface area contributed by atoms with Gasteiger partial charge in [0.25, 0.3) is 11.8 Å². The standard InChI is InChI=1S/C23H29N3O3/c1-17(2)14-25-15-19(22(28)24-13-18-9-5-3-6-10-18)21(27)20(16-25)23(29)26-11-7-4-8-12-26/h3,5-6,9-10,15-17H,4,7-8,11-14H2,1-2H3,(H,24,28). The van der Waals surface area contributed by atoms with Gasteiger partial charge in [0.2, 0.25) is 5.43 Å². The van der Waals surface area contributed by atoms with E-state index in [9.17, 15) is 14.4 Å². The van der Waals surface area contributed by atoms with Crippen LogP contribution in [-0.4, -0.2) is 34.4 Å². The number of rotatable bonds is 6. The summed E-state index contributed by atoms with van der Waals surface area (Å²) in [6, 6.07) is 9.52. The first-order valence-corrected chi connectivity index (χ1v) is 10.3. The molecule has 1 N–H and O–H groups in total. The van der Waals surface area contributed by atoms with Gasteiger partial charge in [0, 0.05) is 38.6 Å². The number of nitrogens with one attached hydrogen (secondary N) is 1. The van der Waals surface area contributed by atoms with Crippen molar-refractivity contribution in [1.29, 1.82) is 0 Å². The van der Waals surface area contributed by atoms with E-state index in [1.165, 1.54) is 0 Å². The number of piperidine rings is 1. The lowest BCUT2D eigenvalue weighted by Crippen LogP contribution is -2.40. The van der Waals surface area contributed by atoms with Crippen molar-refractivity contribution in [3.05, 3.63) is 69.6 Å². The van der Waals surface area contributed by atoms with Gasteiger partial charge < -0.3 is 14.8 Å². The van der Waals surface area contributed by atoms with Gasteiger partial charge in [-0.1, -0.05) is 44.2 Å². The molecule has 3 rings (SSSR count). The molecule has 1 fully saturated rings. The Hall–Kier alpha value is -2.89. The Morgan fingerprint density at radius 2 is 1.66 bits per heavy atom. The van der Waals surface area contributed by atoms with Crippen molar-refractivity contribution in [2.45, 2.75) is 46.2 Å². The lowest BCUT2D eigenvalue weighted by atomic mass is 10.1. The Morgan fingerprint density at radius 3 is 2.31 bits per heavy atom. The summed E-state index contributed by atoms with van der Waals surface area (Å²) in [5.41, 5.74) is 0.555. The molecule has 29 heavy (non-hydrogen) atoms. The Morgan fingerprint density at radius 1 is 1.00 bits per heavy atom. The summed E-state index contributed by atoms with van der Waals surface area (Å²) < 4.78 is 1.79. The third-order valence-corrected chi connectivity index (χ3v) is 5.07. The van der Waals surface area contributed by atoms with Crippen molar-refractivity contribution in [2.24, 2.45) is 5.92 Å². The molecule has 0 spiro atoms. The summed E-state index contributed by atoms with van der Waals surface area (Å²) in [6.45, 7) is 6.38. The second-order valence-electron chi connectivity index (χ2n) is 8.03. The largest absolute Gasteiger partial charge is 0.352 e. The molecule has 0 unspecified atom stereocenters. The molecule has 0 atom stereocenters. The Bertz CT molecular complexity index is 913. The molecule has 0 radical (unpaired) electrons. The van der Waals surface area contributed by atoms with E-state index in [1.807, 2.05) is 30.3 Å². The third-order valence-electron chi connectivity index (χ3n) is 5.07. The Labute approximate surface area is 171 Å². The van der Waals surface area contributed by atoms with E-state index in [2.05, 4.69) is 19.2 Å². The Kier molecular flexibility index (Phi) is 6.86. The average molecular weight is 396 g/mol. The van der Waals surface area contributed by atoms with Crippen LogP contribution in [0.4, 0.5) is 0 Å². The highest BCUT2D eigenvalue weighted by Crippen LogP contribution is 2.13. The molecule has 6 nitrogen and oxygen atoms in total. The van der Waals surface area contributed by atoms with E-state index in [1.54, 1.807) is 21.9 Å².